The SMILES string of the molecule is Cc1ccc(COc2cc(F)c3nc([C@H]4[C@@H](C(=O)O)C4(C)C)n(Cc4ccc(OC(F)(F)F)cc4)c3c2)nc1. The number of aliphatic carboxylic acids is 1. The number of aromatic nitrogens is 3. The summed E-state index contributed by atoms with van der Waals surface area (Å²) in [7, 11) is 0. The Morgan fingerprint density at radius 3 is 2.41 bits per heavy atom. The number of imidazole rings is 1. The summed E-state index contributed by atoms with van der Waals surface area (Å²) in [5.41, 5.74) is 2.03. The smallest absolute Gasteiger partial charge is 0.487 e. The van der Waals surface area contributed by atoms with Gasteiger partial charge in [-0.3, -0.25) is 9.78 Å². The third-order valence-corrected chi connectivity index (χ3v) is 7.04. The normalized spacial score (nSPS) is 18.2. The molecule has 0 amide bonds. The molecule has 1 saturated carbocycles. The Balaban J connectivity index is 1.53. The maximum Gasteiger partial charge on any atom is 0.573 e. The summed E-state index contributed by atoms with van der Waals surface area (Å²) in [5.74, 6) is -2.59. The van der Waals surface area contributed by atoms with Gasteiger partial charge in [-0.2, -0.15) is 0 Å². The van der Waals surface area contributed by atoms with Gasteiger partial charge in [-0.15, -0.1) is 13.2 Å². The molecule has 0 aliphatic heterocycles. The number of carboxylic acids is 1. The molecular weight excluding hydrogens is 518 g/mol. The second-order valence-corrected chi connectivity index (χ2v) is 10.3. The van der Waals surface area contributed by atoms with Crippen LogP contribution < -0.4 is 9.47 Å². The van der Waals surface area contributed by atoms with Crippen molar-refractivity contribution in [3.63, 3.8) is 0 Å². The second-order valence-electron chi connectivity index (χ2n) is 10.3. The zero-order valence-corrected chi connectivity index (χ0v) is 21.3. The van der Waals surface area contributed by atoms with E-state index in [4.69, 9.17) is 4.74 Å². The molecule has 2 heterocycles. The van der Waals surface area contributed by atoms with Crippen LogP contribution in [0.1, 0.15) is 42.4 Å². The number of carboxylic acid groups (broad SMARTS) is 1. The van der Waals surface area contributed by atoms with Crippen molar-refractivity contribution in [1.29, 1.82) is 0 Å². The van der Waals surface area contributed by atoms with Crippen molar-refractivity contribution >= 4 is 17.0 Å². The van der Waals surface area contributed by atoms with E-state index in [-0.39, 0.29) is 30.2 Å². The molecule has 2 aromatic heterocycles. The highest BCUT2D eigenvalue weighted by molar-refractivity contribution is 5.81. The zero-order chi connectivity index (χ0) is 28.1. The van der Waals surface area contributed by atoms with Gasteiger partial charge >= 0.3 is 12.3 Å². The van der Waals surface area contributed by atoms with E-state index >= 15 is 4.39 Å². The molecule has 0 bridgehead atoms. The van der Waals surface area contributed by atoms with Gasteiger partial charge in [0.1, 0.15) is 29.4 Å². The first kappa shape index (κ1) is 26.5. The van der Waals surface area contributed by atoms with Crippen molar-refractivity contribution in [2.75, 3.05) is 0 Å². The van der Waals surface area contributed by atoms with Gasteiger partial charge in [0.25, 0.3) is 0 Å². The highest BCUT2D eigenvalue weighted by Gasteiger charge is 2.64. The van der Waals surface area contributed by atoms with E-state index in [2.05, 4.69) is 14.7 Å². The average Bonchev–Trinajstić information content (AvgIpc) is 3.26. The first-order valence-corrected chi connectivity index (χ1v) is 12.1. The molecule has 204 valence electrons. The fourth-order valence-electron chi connectivity index (χ4n) is 4.96. The van der Waals surface area contributed by atoms with Gasteiger partial charge in [0.15, 0.2) is 5.82 Å². The molecule has 1 N–H and O–H groups in total. The predicted molar refractivity (Wildman–Crippen MR) is 133 cm³/mol. The van der Waals surface area contributed by atoms with Crippen LogP contribution in [-0.2, 0) is 17.9 Å². The third-order valence-electron chi connectivity index (χ3n) is 7.04. The number of ether oxygens (including phenoxy) is 2. The molecule has 0 unspecified atom stereocenters. The summed E-state index contributed by atoms with van der Waals surface area (Å²) in [6, 6.07) is 11.8. The van der Waals surface area contributed by atoms with E-state index in [0.717, 1.165) is 5.56 Å². The molecule has 0 saturated heterocycles. The number of rotatable bonds is 8. The minimum absolute atomic E-state index is 0.0506. The number of nitrogens with zero attached hydrogens (tertiary/aromatic N) is 3. The lowest BCUT2D eigenvalue weighted by Crippen LogP contribution is -2.17. The van der Waals surface area contributed by atoms with Gasteiger partial charge < -0.3 is 19.1 Å². The maximum absolute atomic E-state index is 15.3. The molecule has 1 aliphatic carbocycles. The van der Waals surface area contributed by atoms with Crippen LogP contribution in [-0.4, -0.2) is 32.0 Å². The fourth-order valence-corrected chi connectivity index (χ4v) is 4.96. The number of benzene rings is 2. The number of alkyl halides is 3. The molecular formula is C28H25F4N3O4. The Morgan fingerprint density at radius 2 is 1.82 bits per heavy atom. The highest BCUT2D eigenvalue weighted by Crippen LogP contribution is 2.64. The number of hydrogen-bond acceptors (Lipinski definition) is 5. The number of aryl methyl sites for hydroxylation is 1. The topological polar surface area (TPSA) is 86.5 Å². The van der Waals surface area contributed by atoms with E-state index < -0.39 is 35.4 Å². The number of halogens is 4. The Labute approximate surface area is 221 Å². The molecule has 0 radical (unpaired) electrons. The molecule has 1 aliphatic rings. The van der Waals surface area contributed by atoms with Crippen molar-refractivity contribution in [2.45, 2.75) is 46.2 Å². The summed E-state index contributed by atoms with van der Waals surface area (Å²) in [6.07, 6.45) is -3.12. The lowest BCUT2D eigenvalue weighted by atomic mass is 10.1. The van der Waals surface area contributed by atoms with Gasteiger partial charge in [0.2, 0.25) is 0 Å². The molecule has 11 heteroatoms. The van der Waals surface area contributed by atoms with Gasteiger partial charge in [-0.25, -0.2) is 9.37 Å². The average molecular weight is 544 g/mol. The molecule has 2 aromatic carbocycles. The molecule has 7 nitrogen and oxygen atoms in total. The van der Waals surface area contributed by atoms with E-state index in [1.807, 2.05) is 26.8 Å². The Morgan fingerprint density at radius 1 is 1.10 bits per heavy atom. The lowest BCUT2D eigenvalue weighted by Gasteiger charge is -2.13. The van der Waals surface area contributed by atoms with Gasteiger partial charge in [-0.05, 0) is 41.7 Å². The van der Waals surface area contributed by atoms with Crippen LogP contribution in [0.25, 0.3) is 11.0 Å². The van der Waals surface area contributed by atoms with Crippen LogP contribution in [0.5, 0.6) is 11.5 Å². The van der Waals surface area contributed by atoms with Gasteiger partial charge in [0.05, 0.1) is 17.1 Å². The van der Waals surface area contributed by atoms with Crippen LogP contribution in [0.2, 0.25) is 0 Å². The van der Waals surface area contributed by atoms with Crippen LogP contribution in [0, 0.1) is 24.1 Å². The standard InChI is InChI=1S/C28H25F4N3O4/c1-15-4-7-17(33-12-15)14-38-19-10-20(29)24-21(11-19)35(25(34-24)22-23(26(36)37)27(22,2)3)13-16-5-8-18(9-6-16)39-28(30,31)32/h4-12,22-23H,13-14H2,1-3H3,(H,36,37)/t22-,23+/m1/s1. The highest BCUT2D eigenvalue weighted by atomic mass is 19.4. The van der Waals surface area contributed by atoms with Crippen molar-refractivity contribution < 1.29 is 36.9 Å². The predicted octanol–water partition coefficient (Wildman–Crippen LogP) is 6.23. The Hall–Kier alpha value is -4.15. The van der Waals surface area contributed by atoms with Crippen molar-refractivity contribution in [3.8, 4) is 11.5 Å². The van der Waals surface area contributed by atoms with E-state index in [1.165, 1.54) is 30.3 Å². The zero-order valence-electron chi connectivity index (χ0n) is 21.3. The number of pyridine rings is 1. The van der Waals surface area contributed by atoms with Crippen LogP contribution in [0.15, 0.2) is 54.7 Å². The number of hydrogen-bond donors (Lipinski definition) is 1. The van der Waals surface area contributed by atoms with Crippen LogP contribution >= 0.6 is 0 Å². The Kier molecular flexibility index (Phi) is 6.48. The van der Waals surface area contributed by atoms with Crippen LogP contribution in [0.3, 0.4) is 0 Å². The molecule has 4 aromatic rings. The number of carbonyl (C=O) groups is 1. The molecule has 39 heavy (non-hydrogen) atoms. The minimum atomic E-state index is -4.82. The quantitative estimate of drug-likeness (QED) is 0.265. The summed E-state index contributed by atoms with van der Waals surface area (Å²) < 4.78 is 64.5. The minimum Gasteiger partial charge on any atom is -0.487 e. The monoisotopic (exact) mass is 543 g/mol. The largest absolute Gasteiger partial charge is 0.573 e. The summed E-state index contributed by atoms with van der Waals surface area (Å²) in [5, 5.41) is 9.75. The lowest BCUT2D eigenvalue weighted by molar-refractivity contribution is -0.274. The molecule has 5 rings (SSSR count). The first-order chi connectivity index (χ1) is 18.3. The molecule has 2 atom stereocenters. The Bertz CT molecular complexity index is 1530. The van der Waals surface area contributed by atoms with E-state index in [9.17, 15) is 23.1 Å². The van der Waals surface area contributed by atoms with Crippen LogP contribution in [0.4, 0.5) is 17.6 Å². The van der Waals surface area contributed by atoms with Gasteiger partial charge in [-0.1, -0.05) is 32.0 Å². The third kappa shape index (κ3) is 5.39. The van der Waals surface area contributed by atoms with Crippen molar-refractivity contribution in [1.82, 2.24) is 14.5 Å². The fraction of sp³-hybridized carbons (Fsp3) is 0.321. The second kappa shape index (κ2) is 9.55. The van der Waals surface area contributed by atoms with Gasteiger partial charge in [0, 0.05) is 30.8 Å². The maximum atomic E-state index is 15.3. The molecule has 0 spiro atoms. The van der Waals surface area contributed by atoms with Crippen molar-refractivity contribution in [2.24, 2.45) is 11.3 Å². The summed E-state index contributed by atoms with van der Waals surface area (Å²) >= 11 is 0. The van der Waals surface area contributed by atoms with E-state index in [0.29, 0.717) is 22.6 Å². The summed E-state index contributed by atoms with van der Waals surface area (Å²) in [4.78, 5) is 20.7. The summed E-state index contributed by atoms with van der Waals surface area (Å²) in [6.45, 7) is 5.74. The number of fused-ring (bicyclic) bond motifs is 1. The first-order valence-electron chi connectivity index (χ1n) is 12.1. The van der Waals surface area contributed by atoms with Crippen molar-refractivity contribution in [3.05, 3.63) is 83.2 Å². The van der Waals surface area contributed by atoms with E-state index in [1.54, 1.807) is 22.9 Å². The molecule has 1 fully saturated rings.